The van der Waals surface area contributed by atoms with Crippen LogP contribution < -0.4 is 36.3 Å². The van der Waals surface area contributed by atoms with Crippen molar-refractivity contribution < 1.29 is 0 Å². The second kappa shape index (κ2) is 16.0. The molecular weight excluding hydrogens is 814 g/mol. The van der Waals surface area contributed by atoms with E-state index in [1.165, 1.54) is 77.4 Å². The molecule has 66 heavy (non-hydrogen) atoms. The molecule has 0 saturated carbocycles. The van der Waals surface area contributed by atoms with E-state index in [1.807, 2.05) is 0 Å². The Labute approximate surface area is 389 Å². The Bertz CT molecular complexity index is 3370. The monoisotopic (exact) mass is 861 g/mol. The Morgan fingerprint density at radius 1 is 0.364 bits per heavy atom. The highest BCUT2D eigenvalue weighted by atomic mass is 28.3. The Hall–Kier alpha value is -7.86. The van der Waals surface area contributed by atoms with Gasteiger partial charge in [-0.3, -0.25) is 0 Å². The molecule has 0 radical (unpaired) electrons. The summed E-state index contributed by atoms with van der Waals surface area (Å²) < 4.78 is 0. The van der Waals surface area contributed by atoms with E-state index in [0.717, 1.165) is 28.4 Å². The van der Waals surface area contributed by atoms with Gasteiger partial charge >= 0.3 is 0 Å². The zero-order valence-electron chi connectivity index (χ0n) is 37.4. The molecule has 3 nitrogen and oxygen atoms in total. The molecule has 0 amide bonds. The van der Waals surface area contributed by atoms with E-state index in [0.29, 0.717) is 0 Å². The highest BCUT2D eigenvalue weighted by Crippen LogP contribution is 2.49. The van der Waals surface area contributed by atoms with Crippen molar-refractivity contribution in [2.75, 3.05) is 14.7 Å². The summed E-state index contributed by atoms with van der Waals surface area (Å²) >= 11 is 0. The molecule has 12 rings (SSSR count). The van der Waals surface area contributed by atoms with E-state index in [1.54, 1.807) is 0 Å². The molecule has 0 unspecified atom stereocenters. The maximum absolute atomic E-state index is 2.59. The summed E-state index contributed by atoms with van der Waals surface area (Å²) in [6.45, 7) is 7.39. The molecule has 10 aromatic rings. The molecule has 0 spiro atoms. The molecule has 0 aliphatic carbocycles. The van der Waals surface area contributed by atoms with Crippen LogP contribution in [0.2, 0.25) is 19.6 Å². The predicted molar refractivity (Wildman–Crippen MR) is 287 cm³/mol. The maximum Gasteiger partial charge on any atom is 0.252 e. The van der Waals surface area contributed by atoms with Crippen LogP contribution in [0.25, 0.3) is 33.0 Å². The molecule has 0 aromatic heterocycles. The van der Waals surface area contributed by atoms with Crippen LogP contribution in [0.3, 0.4) is 0 Å². The first-order chi connectivity index (χ1) is 32.4. The van der Waals surface area contributed by atoms with Gasteiger partial charge in [-0.1, -0.05) is 189 Å². The number of para-hydroxylation sites is 3. The topological polar surface area (TPSA) is 9.72 Å². The van der Waals surface area contributed by atoms with Crippen molar-refractivity contribution >= 4 is 98.3 Å². The highest BCUT2D eigenvalue weighted by Gasteiger charge is 2.45. The molecule has 2 aliphatic rings. The smallest absolute Gasteiger partial charge is 0.252 e. The minimum atomic E-state index is -1.93. The fraction of sp³-hybridized carbons (Fsp3) is 0.0492. The first-order valence-electron chi connectivity index (χ1n) is 23.1. The van der Waals surface area contributed by atoms with E-state index in [-0.39, 0.29) is 6.71 Å². The molecule has 314 valence electrons. The largest absolute Gasteiger partial charge is 0.311 e. The van der Waals surface area contributed by atoms with Gasteiger partial charge in [-0.05, 0) is 117 Å². The summed E-state index contributed by atoms with van der Waals surface area (Å²) in [7, 11) is -1.93. The van der Waals surface area contributed by atoms with Crippen molar-refractivity contribution in [3.8, 4) is 22.3 Å². The van der Waals surface area contributed by atoms with Crippen LogP contribution in [0.4, 0.5) is 51.2 Å². The molecule has 0 atom stereocenters. The zero-order chi connectivity index (χ0) is 44.4. The molecule has 5 heteroatoms. The number of rotatable bonds is 8. The standard InChI is InChI=1S/C61H48BN3Si/c1-66(2,3)51-40-57-61-58(41-51)65(50-33-21-26-45(38-50)43-22-9-4-10-23-43)56-39-46(44-24-11-5-12-25-44)36-37-54(56)62(61)60-53-35-20-19-34-52(53)55(42-59(60)64(57)49-31-17-8-18-32-49)63(47-27-13-6-14-28-47)48-29-15-7-16-30-48/h4-42H,1-3H3. The first-order valence-corrected chi connectivity index (χ1v) is 26.6. The molecule has 10 aromatic carbocycles. The van der Waals surface area contributed by atoms with Gasteiger partial charge in [-0.25, -0.2) is 0 Å². The lowest BCUT2D eigenvalue weighted by atomic mass is 9.33. The molecule has 0 bridgehead atoms. The van der Waals surface area contributed by atoms with E-state index >= 15 is 0 Å². The minimum Gasteiger partial charge on any atom is -0.311 e. The third-order valence-electron chi connectivity index (χ3n) is 13.5. The van der Waals surface area contributed by atoms with Gasteiger partial charge in [0.05, 0.1) is 13.8 Å². The van der Waals surface area contributed by atoms with Crippen LogP contribution >= 0.6 is 0 Å². The Morgan fingerprint density at radius 3 is 1.42 bits per heavy atom. The number of anilines is 9. The number of fused-ring (bicyclic) bond motifs is 6. The third kappa shape index (κ3) is 6.66. The summed E-state index contributed by atoms with van der Waals surface area (Å²) in [5.41, 5.74) is 19.3. The average molecular weight is 862 g/mol. The van der Waals surface area contributed by atoms with Crippen LogP contribution in [-0.4, -0.2) is 14.8 Å². The van der Waals surface area contributed by atoms with Gasteiger partial charge in [-0.2, -0.15) is 0 Å². The summed E-state index contributed by atoms with van der Waals surface area (Å²) in [6, 6.07) is 87.5. The van der Waals surface area contributed by atoms with Gasteiger partial charge < -0.3 is 14.7 Å². The lowest BCUT2D eigenvalue weighted by Gasteiger charge is -2.46. The first kappa shape index (κ1) is 39.7. The van der Waals surface area contributed by atoms with E-state index < -0.39 is 8.07 Å². The van der Waals surface area contributed by atoms with Gasteiger partial charge in [0.1, 0.15) is 0 Å². The second-order valence-corrected chi connectivity index (χ2v) is 23.6. The third-order valence-corrected chi connectivity index (χ3v) is 15.6. The molecule has 2 aliphatic heterocycles. The van der Waals surface area contributed by atoms with Gasteiger partial charge in [-0.15, -0.1) is 0 Å². The summed E-state index contributed by atoms with van der Waals surface area (Å²) in [4.78, 5) is 7.61. The summed E-state index contributed by atoms with van der Waals surface area (Å²) in [5.74, 6) is 0. The fourth-order valence-electron chi connectivity index (χ4n) is 10.4. The van der Waals surface area contributed by atoms with Gasteiger partial charge in [0.15, 0.2) is 0 Å². The van der Waals surface area contributed by atoms with Gasteiger partial charge in [0.2, 0.25) is 0 Å². The van der Waals surface area contributed by atoms with Gasteiger partial charge in [0, 0.05) is 50.9 Å². The van der Waals surface area contributed by atoms with Crippen LogP contribution in [0.5, 0.6) is 0 Å². The summed E-state index contributed by atoms with van der Waals surface area (Å²) in [5, 5.41) is 3.87. The number of hydrogen-bond acceptors (Lipinski definition) is 3. The maximum atomic E-state index is 2.59. The molecule has 0 saturated heterocycles. The Balaban J connectivity index is 1.22. The zero-order valence-corrected chi connectivity index (χ0v) is 38.4. The Kier molecular flexibility index (Phi) is 9.62. The number of benzene rings is 10. The normalized spacial score (nSPS) is 12.7. The van der Waals surface area contributed by atoms with Crippen molar-refractivity contribution in [1.82, 2.24) is 0 Å². The van der Waals surface area contributed by atoms with Crippen molar-refractivity contribution in [3.63, 3.8) is 0 Å². The Morgan fingerprint density at radius 2 is 0.833 bits per heavy atom. The minimum absolute atomic E-state index is 0.0603. The second-order valence-electron chi connectivity index (χ2n) is 18.6. The van der Waals surface area contributed by atoms with E-state index in [2.05, 4.69) is 271 Å². The number of hydrogen-bond donors (Lipinski definition) is 0. The van der Waals surface area contributed by atoms with Gasteiger partial charge in [0.25, 0.3) is 6.71 Å². The fourth-order valence-corrected chi connectivity index (χ4v) is 11.6. The summed E-state index contributed by atoms with van der Waals surface area (Å²) in [6.07, 6.45) is 0. The van der Waals surface area contributed by atoms with Crippen LogP contribution in [0.1, 0.15) is 0 Å². The lowest BCUT2D eigenvalue weighted by Crippen LogP contribution is -2.62. The molecule has 0 fully saturated rings. The van der Waals surface area contributed by atoms with Crippen LogP contribution in [-0.2, 0) is 0 Å². The van der Waals surface area contributed by atoms with E-state index in [4.69, 9.17) is 0 Å². The van der Waals surface area contributed by atoms with Crippen molar-refractivity contribution in [2.24, 2.45) is 0 Å². The number of nitrogens with zero attached hydrogens (tertiary/aromatic N) is 3. The average Bonchev–Trinajstić information content (AvgIpc) is 3.37. The van der Waals surface area contributed by atoms with Crippen molar-refractivity contribution in [3.05, 3.63) is 237 Å². The molecule has 2 heterocycles. The lowest BCUT2D eigenvalue weighted by molar-refractivity contribution is 1.25. The van der Waals surface area contributed by atoms with Crippen LogP contribution in [0.15, 0.2) is 237 Å². The SMILES string of the molecule is C[Si](C)(C)c1cc2c3c(c1)N(c1ccccc1)c1cc(N(c4ccccc4)c4ccccc4)c4ccccc4c1B3c1ccc(-c3ccccc3)cc1N2c1cccc(-c2ccccc2)c1. The van der Waals surface area contributed by atoms with Crippen LogP contribution in [0, 0.1) is 0 Å². The van der Waals surface area contributed by atoms with E-state index in [9.17, 15) is 0 Å². The molecular formula is C61H48BN3Si. The quantitative estimate of drug-likeness (QED) is 0.141. The van der Waals surface area contributed by atoms with Crippen molar-refractivity contribution in [2.45, 2.75) is 19.6 Å². The van der Waals surface area contributed by atoms with Crippen molar-refractivity contribution in [1.29, 1.82) is 0 Å². The molecule has 0 N–H and O–H groups in total. The highest BCUT2D eigenvalue weighted by molar-refractivity contribution is 7.02. The predicted octanol–water partition coefficient (Wildman–Crippen LogP) is 14.3.